The fraction of sp³-hybridized carbons (Fsp3) is 0.400. The molecule has 2 aromatic carbocycles. The number of hydrogen-bond acceptors (Lipinski definition) is 4. The average Bonchev–Trinajstić information content (AvgIpc) is 2.88. The number of carbonyl (C=O) groups is 1. The van der Waals surface area contributed by atoms with Crippen LogP contribution in [0, 0.1) is 0 Å². The Morgan fingerprint density at radius 1 is 0.975 bits per heavy atom. The number of anilines is 1. The molecule has 1 aromatic heterocycles. The number of aromatic nitrogens is 1. The van der Waals surface area contributed by atoms with E-state index in [1.807, 2.05) is 0 Å². The van der Waals surface area contributed by atoms with Crippen molar-refractivity contribution in [2.24, 2.45) is 0 Å². The molecule has 10 heteroatoms. The Labute approximate surface area is 244 Å². The summed E-state index contributed by atoms with van der Waals surface area (Å²) in [5.41, 5.74) is -2.95. The predicted molar refractivity (Wildman–Crippen MR) is 156 cm³/mol. The van der Waals surface area contributed by atoms with Gasteiger partial charge >= 0.3 is 6.18 Å². The van der Waals surface area contributed by atoms with E-state index >= 15 is 0 Å². The van der Waals surface area contributed by atoms with Crippen LogP contribution in [0.25, 0.3) is 0 Å². The summed E-state index contributed by atoms with van der Waals surface area (Å²) in [5.74, 6) is -1.88. The monoisotopic (exact) mass is 597 g/mol. The van der Waals surface area contributed by atoms with Crippen LogP contribution in [0.15, 0.2) is 66.9 Å². The van der Waals surface area contributed by atoms with Crippen LogP contribution in [0.3, 0.4) is 0 Å². The summed E-state index contributed by atoms with van der Waals surface area (Å²) in [6.07, 6.45) is -3.94. The van der Waals surface area contributed by atoms with Gasteiger partial charge in [0.05, 0.1) is 0 Å². The van der Waals surface area contributed by atoms with Crippen LogP contribution in [-0.4, -0.2) is 45.7 Å². The zero-order chi connectivity index (χ0) is 30.3. The SMILES string of the molecule is CC(c1ccc(NC(=O)c2ccccc2)cc1Cl)C(O)(c1ccnc(Cl)c1)C(F)(F)F.CCN(C(C)C)C(C)C. The number of hydrogen-bond donors (Lipinski definition) is 2. The van der Waals surface area contributed by atoms with Crippen molar-refractivity contribution in [2.75, 3.05) is 11.9 Å². The molecule has 2 atom stereocenters. The van der Waals surface area contributed by atoms with Gasteiger partial charge in [0.1, 0.15) is 5.15 Å². The highest BCUT2D eigenvalue weighted by atomic mass is 35.5. The van der Waals surface area contributed by atoms with Crippen LogP contribution in [0.1, 0.15) is 68.9 Å². The molecule has 0 radical (unpaired) electrons. The quantitative estimate of drug-likeness (QED) is 0.256. The first-order valence-electron chi connectivity index (χ1n) is 13.0. The number of amides is 1. The van der Waals surface area contributed by atoms with Crippen molar-refractivity contribution in [1.29, 1.82) is 0 Å². The highest BCUT2D eigenvalue weighted by Crippen LogP contribution is 2.50. The topological polar surface area (TPSA) is 65.5 Å². The summed E-state index contributed by atoms with van der Waals surface area (Å²) in [5, 5.41) is 13.2. The third-order valence-electron chi connectivity index (χ3n) is 6.68. The van der Waals surface area contributed by atoms with Gasteiger partial charge in [-0.2, -0.15) is 13.2 Å². The van der Waals surface area contributed by atoms with E-state index in [0.717, 1.165) is 24.9 Å². The minimum absolute atomic E-state index is 0.0406. The summed E-state index contributed by atoms with van der Waals surface area (Å²) in [6.45, 7) is 13.5. The smallest absolute Gasteiger partial charge is 0.376 e. The molecular weight excluding hydrogens is 562 g/mol. The molecule has 0 aliphatic heterocycles. The first kappa shape index (κ1) is 33.6. The highest BCUT2D eigenvalue weighted by Gasteiger charge is 2.59. The van der Waals surface area contributed by atoms with Crippen molar-refractivity contribution in [3.63, 3.8) is 0 Å². The fourth-order valence-corrected chi connectivity index (χ4v) is 5.12. The Balaban J connectivity index is 0.000000536. The zero-order valence-corrected chi connectivity index (χ0v) is 24.9. The summed E-state index contributed by atoms with van der Waals surface area (Å²) in [7, 11) is 0. The van der Waals surface area contributed by atoms with Crippen LogP contribution in [0.4, 0.5) is 18.9 Å². The summed E-state index contributed by atoms with van der Waals surface area (Å²) < 4.78 is 42.0. The number of alkyl halides is 3. The van der Waals surface area contributed by atoms with Gasteiger partial charge in [0.25, 0.3) is 5.91 Å². The van der Waals surface area contributed by atoms with E-state index in [0.29, 0.717) is 23.3 Å². The molecular formula is C30H36Cl2F3N3O2. The van der Waals surface area contributed by atoms with Crippen LogP contribution in [0.5, 0.6) is 0 Å². The second-order valence-electron chi connectivity index (χ2n) is 9.93. The maximum atomic E-state index is 14.0. The molecule has 0 saturated carbocycles. The Kier molecular flexibility index (Phi) is 12.0. The van der Waals surface area contributed by atoms with Gasteiger partial charge in [-0.15, -0.1) is 0 Å². The lowest BCUT2D eigenvalue weighted by molar-refractivity contribution is -0.274. The fourth-order valence-electron chi connectivity index (χ4n) is 4.60. The van der Waals surface area contributed by atoms with Gasteiger partial charge in [0.15, 0.2) is 5.60 Å². The third kappa shape index (κ3) is 8.19. The molecule has 40 heavy (non-hydrogen) atoms. The van der Waals surface area contributed by atoms with Crippen LogP contribution < -0.4 is 5.32 Å². The van der Waals surface area contributed by atoms with Crippen molar-refractivity contribution in [1.82, 2.24) is 9.88 Å². The number of halogens is 5. The molecule has 5 nitrogen and oxygen atoms in total. The van der Waals surface area contributed by atoms with Crippen molar-refractivity contribution < 1.29 is 23.1 Å². The average molecular weight is 599 g/mol. The van der Waals surface area contributed by atoms with Crippen molar-refractivity contribution in [3.05, 3.63) is 93.7 Å². The number of carbonyl (C=O) groups excluding carboxylic acids is 1. The van der Waals surface area contributed by atoms with Gasteiger partial charge in [0.2, 0.25) is 0 Å². The lowest BCUT2D eigenvalue weighted by Gasteiger charge is -2.37. The second-order valence-corrected chi connectivity index (χ2v) is 10.7. The Morgan fingerprint density at radius 2 is 1.57 bits per heavy atom. The summed E-state index contributed by atoms with van der Waals surface area (Å²) in [4.78, 5) is 18.4. The van der Waals surface area contributed by atoms with E-state index in [2.05, 4.69) is 49.8 Å². The maximum Gasteiger partial charge on any atom is 0.422 e. The lowest BCUT2D eigenvalue weighted by atomic mass is 9.78. The molecule has 0 bridgehead atoms. The zero-order valence-electron chi connectivity index (χ0n) is 23.4. The molecule has 2 N–H and O–H groups in total. The van der Waals surface area contributed by atoms with Gasteiger partial charge < -0.3 is 10.4 Å². The predicted octanol–water partition coefficient (Wildman–Crippen LogP) is 8.32. The molecule has 0 saturated heterocycles. The summed E-state index contributed by atoms with van der Waals surface area (Å²) >= 11 is 12.0. The molecule has 0 aliphatic carbocycles. The van der Waals surface area contributed by atoms with Crippen molar-refractivity contribution >= 4 is 34.8 Å². The van der Waals surface area contributed by atoms with Crippen LogP contribution in [0.2, 0.25) is 10.2 Å². The number of benzene rings is 2. The molecule has 1 amide bonds. The van der Waals surface area contributed by atoms with Gasteiger partial charge in [0, 0.05) is 40.5 Å². The van der Waals surface area contributed by atoms with Gasteiger partial charge in [-0.1, -0.05) is 61.3 Å². The van der Waals surface area contributed by atoms with Crippen molar-refractivity contribution in [3.8, 4) is 0 Å². The molecule has 1 heterocycles. The Bertz CT molecular complexity index is 1250. The minimum atomic E-state index is -5.03. The number of rotatable bonds is 8. The standard InChI is InChI=1S/C22H17Cl2F3N2O2.C8H19N/c1-13(21(31,22(25,26)27)15-9-10-28-19(24)11-15)17-8-7-16(12-18(17)23)29-20(30)14-5-3-2-4-6-14;1-6-9(7(2)3)8(4)5/h2-13,31H,1H3,(H,29,30);7-8H,6H2,1-5H3. The van der Waals surface area contributed by atoms with E-state index < -0.39 is 29.2 Å². The van der Waals surface area contributed by atoms with Crippen molar-refractivity contribution in [2.45, 2.75) is 71.3 Å². The largest absolute Gasteiger partial charge is 0.422 e. The molecule has 0 fully saturated rings. The van der Waals surface area contributed by atoms with E-state index in [-0.39, 0.29) is 15.7 Å². The number of pyridine rings is 1. The van der Waals surface area contributed by atoms with Crippen LogP contribution in [-0.2, 0) is 5.60 Å². The maximum absolute atomic E-state index is 14.0. The second kappa shape index (κ2) is 14.3. The van der Waals surface area contributed by atoms with Gasteiger partial charge in [-0.25, -0.2) is 4.98 Å². The van der Waals surface area contributed by atoms with E-state index in [9.17, 15) is 23.1 Å². The first-order valence-corrected chi connectivity index (χ1v) is 13.7. The first-order chi connectivity index (χ1) is 18.6. The highest BCUT2D eigenvalue weighted by molar-refractivity contribution is 6.31. The lowest BCUT2D eigenvalue weighted by Crippen LogP contribution is -2.46. The Hall–Kier alpha value is -2.65. The molecule has 2 unspecified atom stereocenters. The molecule has 3 rings (SSSR count). The summed E-state index contributed by atoms with van der Waals surface area (Å²) in [6, 6.07) is 15.9. The van der Waals surface area contributed by atoms with E-state index in [1.54, 1.807) is 30.3 Å². The van der Waals surface area contributed by atoms with E-state index in [4.69, 9.17) is 23.2 Å². The Morgan fingerprint density at radius 3 is 2.02 bits per heavy atom. The number of nitrogens with zero attached hydrogens (tertiary/aromatic N) is 2. The third-order valence-corrected chi connectivity index (χ3v) is 7.21. The number of aliphatic hydroxyl groups is 1. The van der Waals surface area contributed by atoms with E-state index in [1.165, 1.54) is 25.1 Å². The van der Waals surface area contributed by atoms with Gasteiger partial charge in [-0.05, 0) is 81.8 Å². The number of nitrogens with one attached hydrogen (secondary N) is 1. The normalized spacial score (nSPS) is 14.0. The molecule has 3 aromatic rings. The van der Waals surface area contributed by atoms with Gasteiger partial charge in [-0.3, -0.25) is 9.69 Å². The minimum Gasteiger partial charge on any atom is -0.376 e. The molecule has 0 aliphatic rings. The van der Waals surface area contributed by atoms with Crippen LogP contribution >= 0.6 is 23.2 Å². The molecule has 218 valence electrons. The molecule has 0 spiro atoms.